The van der Waals surface area contributed by atoms with E-state index < -0.39 is 16.4 Å². The van der Waals surface area contributed by atoms with Crippen LogP contribution < -0.4 is 29.6 Å². The molecule has 50 valence electrons. The Labute approximate surface area is 74.6 Å². The summed E-state index contributed by atoms with van der Waals surface area (Å²) in [7, 11) is 0. The molecule has 0 aromatic rings. The van der Waals surface area contributed by atoms with E-state index in [1.54, 1.807) is 0 Å². The van der Waals surface area contributed by atoms with Crippen LogP contribution in [0.5, 0.6) is 0 Å². The molecule has 0 rings (SSSR count). The summed E-state index contributed by atoms with van der Waals surface area (Å²) >= 11 is -2.61. The third-order valence-electron chi connectivity index (χ3n) is 0. The largest absolute Gasteiger partial charge is 1.00 e. The van der Waals surface area contributed by atoms with E-state index in [2.05, 4.69) is 0 Å². The van der Waals surface area contributed by atoms with Gasteiger partial charge in [0.1, 0.15) is 0 Å². The van der Waals surface area contributed by atoms with Crippen LogP contribution >= 0.6 is 0 Å². The molecule has 0 bridgehead atoms. The summed E-state index contributed by atoms with van der Waals surface area (Å²) in [6.45, 7) is 0. The molecule has 9 heavy (non-hydrogen) atoms. The van der Waals surface area contributed by atoms with Crippen molar-refractivity contribution in [3.63, 3.8) is 0 Å². The minimum atomic E-state index is -2.61. The van der Waals surface area contributed by atoms with Crippen molar-refractivity contribution in [1.29, 1.82) is 0 Å². The van der Waals surface area contributed by atoms with Gasteiger partial charge in [0.15, 0.2) is 0 Å². The minimum absolute atomic E-state index is 0. The molecule has 0 aliphatic heterocycles. The van der Waals surface area contributed by atoms with E-state index >= 15 is 0 Å². The van der Waals surface area contributed by atoms with E-state index in [0.717, 1.165) is 0 Å². The predicted octanol–water partition coefficient (Wildman–Crippen LogP) is -3.55. The van der Waals surface area contributed by atoms with Crippen molar-refractivity contribution in [2.45, 2.75) is 0 Å². The second-order valence-corrected chi connectivity index (χ2v) is 0.916. The van der Waals surface area contributed by atoms with Crippen LogP contribution in [-0.2, 0) is 11.4 Å². The molecule has 0 amide bonds. The van der Waals surface area contributed by atoms with E-state index in [1.807, 2.05) is 0 Å². The molecule has 0 saturated carbocycles. The number of hydrogen-bond donors (Lipinski definition) is 2. The molecule has 0 aliphatic rings. The van der Waals surface area contributed by atoms with Crippen LogP contribution in [0.3, 0.4) is 0 Å². The van der Waals surface area contributed by atoms with Gasteiger partial charge in [-0.25, -0.2) is 0 Å². The Hall–Kier alpha value is 0.270. The monoisotopic (exact) mass is 167 g/mol. The molecule has 0 aromatic carbocycles. The van der Waals surface area contributed by atoms with Crippen molar-refractivity contribution in [1.82, 2.24) is 0 Å². The zero-order valence-electron chi connectivity index (χ0n) is 4.38. The summed E-state index contributed by atoms with van der Waals surface area (Å²) < 4.78 is 22.8. The van der Waals surface area contributed by atoms with Gasteiger partial charge in [-0.15, -0.1) is 0 Å². The quantitative estimate of drug-likeness (QED) is 0.166. The Kier molecular flexibility index (Phi) is 19.9. The molecular weight excluding hydrogens is 165 g/mol. The number of nitrogens with zero attached hydrogens (tertiary/aromatic N) is 1. The maximum absolute atomic E-state index is 8.67. The minimum Gasteiger partial charge on any atom is -0.356 e. The van der Waals surface area contributed by atoms with Crippen LogP contribution in [-0.4, -0.2) is 18.4 Å². The van der Waals surface area contributed by atoms with Gasteiger partial charge >= 0.3 is 29.6 Å². The van der Waals surface area contributed by atoms with Gasteiger partial charge in [-0.2, -0.15) is 4.21 Å². The maximum atomic E-state index is 8.67. The zero-order valence-corrected chi connectivity index (χ0v) is 7.20. The Balaban J connectivity index is -0.0000000720. The Morgan fingerprint density at radius 2 is 1.33 bits per heavy atom. The molecule has 9 heteroatoms. The smallest absolute Gasteiger partial charge is 0.356 e. The molecule has 0 radical (unpaired) electrons. The van der Waals surface area contributed by atoms with Crippen molar-refractivity contribution in [2.75, 3.05) is 0 Å². The van der Waals surface area contributed by atoms with Crippen molar-refractivity contribution < 1.29 is 48.0 Å². The second kappa shape index (κ2) is 11.1. The van der Waals surface area contributed by atoms with Gasteiger partial charge in [0.2, 0.25) is 0 Å². The first-order chi connectivity index (χ1) is 3.46. The van der Waals surface area contributed by atoms with Gasteiger partial charge < -0.3 is 15.3 Å². The first-order valence-electron chi connectivity index (χ1n) is 1.08. The summed E-state index contributed by atoms with van der Waals surface area (Å²) in [5.41, 5.74) is 0. The van der Waals surface area contributed by atoms with Crippen LogP contribution in [0.15, 0.2) is 0 Å². The standard InChI is InChI=1S/NO3.Na.H2O3S/c2-1(3)4;;1-4(2)3/h;;(H2,1,2,3)/q-1;+1;. The van der Waals surface area contributed by atoms with Crippen molar-refractivity contribution >= 4 is 11.4 Å². The third-order valence-corrected chi connectivity index (χ3v) is 0. The van der Waals surface area contributed by atoms with Crippen LogP contribution in [0.25, 0.3) is 0 Å². The summed E-state index contributed by atoms with van der Waals surface area (Å²) in [5.74, 6) is 0. The van der Waals surface area contributed by atoms with Crippen LogP contribution in [0, 0.1) is 15.3 Å². The molecule has 0 spiro atoms. The summed E-state index contributed by atoms with van der Waals surface area (Å²) in [4.78, 5) is 8.25. The van der Waals surface area contributed by atoms with E-state index in [9.17, 15) is 0 Å². The third kappa shape index (κ3) is 4460. The topological polar surface area (TPSA) is 124 Å². The summed E-state index contributed by atoms with van der Waals surface area (Å²) in [5, 5.41) is 14.8. The van der Waals surface area contributed by atoms with E-state index in [4.69, 9.17) is 28.6 Å². The molecule has 2 N–H and O–H groups in total. The van der Waals surface area contributed by atoms with Gasteiger partial charge in [0, 0.05) is 0 Å². The average molecular weight is 167 g/mol. The fraction of sp³-hybridized carbons (Fsp3) is 0. The summed E-state index contributed by atoms with van der Waals surface area (Å²) in [6, 6.07) is 0. The molecular formula is H2NNaO6S. The van der Waals surface area contributed by atoms with Crippen molar-refractivity contribution in [3.8, 4) is 0 Å². The fourth-order valence-electron chi connectivity index (χ4n) is 0. The Morgan fingerprint density at radius 3 is 1.33 bits per heavy atom. The molecule has 0 fully saturated rings. The molecule has 0 heterocycles. The molecule has 0 unspecified atom stereocenters. The van der Waals surface area contributed by atoms with Gasteiger partial charge in [0.05, 0.1) is 5.09 Å². The second-order valence-electron chi connectivity index (χ2n) is 0.454. The first-order valence-corrected chi connectivity index (χ1v) is 2.14. The van der Waals surface area contributed by atoms with Crippen LogP contribution in [0.4, 0.5) is 0 Å². The van der Waals surface area contributed by atoms with Gasteiger partial charge in [-0.1, -0.05) is 0 Å². The van der Waals surface area contributed by atoms with Gasteiger partial charge in [-0.05, 0) is 0 Å². The molecule has 0 aliphatic carbocycles. The molecule has 0 atom stereocenters. The van der Waals surface area contributed by atoms with Gasteiger partial charge in [-0.3, -0.25) is 9.11 Å². The summed E-state index contributed by atoms with van der Waals surface area (Å²) in [6.07, 6.45) is 0. The molecule has 7 nitrogen and oxygen atoms in total. The zero-order chi connectivity index (χ0) is 7.15. The average Bonchev–Trinajstić information content (AvgIpc) is 1.25. The van der Waals surface area contributed by atoms with Crippen molar-refractivity contribution in [2.24, 2.45) is 0 Å². The van der Waals surface area contributed by atoms with Crippen LogP contribution in [0.2, 0.25) is 0 Å². The van der Waals surface area contributed by atoms with E-state index in [-0.39, 0.29) is 29.6 Å². The van der Waals surface area contributed by atoms with E-state index in [0.29, 0.717) is 0 Å². The SMILES string of the molecule is O=S(O)O.O=[N+]([O-])[O-].[Na+]. The molecule has 0 aromatic heterocycles. The Morgan fingerprint density at radius 1 is 1.33 bits per heavy atom. The normalized spacial score (nSPS) is 6.56. The molecule has 0 saturated heterocycles. The predicted molar refractivity (Wildman–Crippen MR) is 23.8 cm³/mol. The first kappa shape index (κ1) is 16.1. The number of hydrogen-bond acceptors (Lipinski definition) is 4. The van der Waals surface area contributed by atoms with Crippen LogP contribution in [0.1, 0.15) is 0 Å². The van der Waals surface area contributed by atoms with Crippen molar-refractivity contribution in [3.05, 3.63) is 15.3 Å². The number of rotatable bonds is 0. The maximum Gasteiger partial charge on any atom is 1.00 e. The van der Waals surface area contributed by atoms with Gasteiger partial charge in [0.25, 0.3) is 11.4 Å². The van der Waals surface area contributed by atoms with E-state index in [1.165, 1.54) is 0 Å². The Bertz CT molecular complexity index is 71.1. The fourth-order valence-corrected chi connectivity index (χ4v) is 0.